The van der Waals surface area contributed by atoms with E-state index in [1.165, 1.54) is 0 Å². The van der Waals surface area contributed by atoms with Gasteiger partial charge in [-0.3, -0.25) is 4.79 Å². The molecule has 0 atom stereocenters. The second-order valence-electron chi connectivity index (χ2n) is 3.92. The van der Waals surface area contributed by atoms with Crippen LogP contribution in [0.4, 0.5) is 11.5 Å². The summed E-state index contributed by atoms with van der Waals surface area (Å²) in [4.78, 5) is 16.1. The summed E-state index contributed by atoms with van der Waals surface area (Å²) in [6, 6.07) is 12.7. The average Bonchev–Trinajstić information content (AvgIpc) is 2.47. The lowest BCUT2D eigenvalue weighted by atomic mass is 10.2. The Balaban J connectivity index is 1.99. The Labute approximate surface area is 112 Å². The second kappa shape index (κ2) is 6.35. The number of carbonyl (C=O) groups excluding carboxylic acids is 1. The van der Waals surface area contributed by atoms with E-state index in [2.05, 4.69) is 22.2 Å². The Morgan fingerprint density at radius 2 is 2.00 bits per heavy atom. The zero-order chi connectivity index (χ0) is 13.5. The summed E-state index contributed by atoms with van der Waals surface area (Å²) in [5.41, 5.74) is 1.50. The van der Waals surface area contributed by atoms with E-state index in [9.17, 15) is 4.79 Å². The number of rotatable bonds is 5. The fourth-order valence-corrected chi connectivity index (χ4v) is 1.54. The number of carbonyl (C=O) groups is 1. The summed E-state index contributed by atoms with van der Waals surface area (Å²) >= 11 is 0. The van der Waals surface area contributed by atoms with Gasteiger partial charge in [0.2, 0.25) is 0 Å². The van der Waals surface area contributed by atoms with Crippen molar-refractivity contribution in [3.63, 3.8) is 0 Å². The van der Waals surface area contributed by atoms with Crippen LogP contribution in [0.2, 0.25) is 0 Å². The number of hydrogen-bond donors (Lipinski definition) is 2. The summed E-state index contributed by atoms with van der Waals surface area (Å²) in [6.07, 6.45) is 3.44. The molecule has 1 amide bonds. The molecule has 1 heterocycles. The Morgan fingerprint density at radius 1 is 1.21 bits per heavy atom. The summed E-state index contributed by atoms with van der Waals surface area (Å²) in [5.74, 6) is 0.359. The van der Waals surface area contributed by atoms with Crippen LogP contribution in [-0.4, -0.2) is 17.4 Å². The van der Waals surface area contributed by atoms with Gasteiger partial charge in [-0.2, -0.15) is 0 Å². The maximum absolute atomic E-state index is 11.9. The highest BCUT2D eigenvalue weighted by molar-refractivity contribution is 6.03. The van der Waals surface area contributed by atoms with Crippen molar-refractivity contribution in [2.24, 2.45) is 0 Å². The number of hydrogen-bond acceptors (Lipinski definition) is 3. The molecule has 0 fully saturated rings. The third-order valence-corrected chi connectivity index (χ3v) is 2.49. The molecule has 0 aliphatic rings. The Morgan fingerprint density at radius 3 is 2.63 bits per heavy atom. The third-order valence-electron chi connectivity index (χ3n) is 2.49. The van der Waals surface area contributed by atoms with Gasteiger partial charge in [-0.05, 0) is 24.3 Å². The van der Waals surface area contributed by atoms with Crippen molar-refractivity contribution in [2.75, 3.05) is 17.2 Å². The van der Waals surface area contributed by atoms with Gasteiger partial charge in [0.05, 0.1) is 11.9 Å². The van der Waals surface area contributed by atoms with Crippen LogP contribution in [0.3, 0.4) is 0 Å². The number of aromatic nitrogens is 1. The standard InChI is InChI=1S/C15H15N3O/c1-2-10-16-13-8-9-14(17-11-13)18-15(19)12-6-4-3-5-7-12/h2-9,11,16H,1,10H2,(H,17,18,19). The van der Waals surface area contributed by atoms with Crippen LogP contribution >= 0.6 is 0 Å². The monoisotopic (exact) mass is 253 g/mol. The van der Waals surface area contributed by atoms with Crippen LogP contribution in [0.5, 0.6) is 0 Å². The predicted octanol–water partition coefficient (Wildman–Crippen LogP) is 2.93. The molecule has 2 N–H and O–H groups in total. The molecule has 0 spiro atoms. The summed E-state index contributed by atoms with van der Waals surface area (Å²) < 4.78 is 0. The molecule has 1 aromatic carbocycles. The molecule has 0 bridgehead atoms. The lowest BCUT2D eigenvalue weighted by molar-refractivity contribution is 0.102. The number of anilines is 2. The van der Waals surface area contributed by atoms with Crippen molar-refractivity contribution in [1.82, 2.24) is 4.98 Å². The molecule has 1 aromatic heterocycles. The van der Waals surface area contributed by atoms with Crippen LogP contribution in [0, 0.1) is 0 Å². The maximum atomic E-state index is 11.9. The minimum atomic E-state index is -0.167. The van der Waals surface area contributed by atoms with Crippen molar-refractivity contribution >= 4 is 17.4 Å². The Kier molecular flexibility index (Phi) is 4.29. The van der Waals surface area contributed by atoms with E-state index in [0.717, 1.165) is 5.69 Å². The lowest BCUT2D eigenvalue weighted by Crippen LogP contribution is -2.12. The maximum Gasteiger partial charge on any atom is 0.256 e. The zero-order valence-electron chi connectivity index (χ0n) is 10.5. The van der Waals surface area contributed by atoms with Crippen LogP contribution in [0.25, 0.3) is 0 Å². The van der Waals surface area contributed by atoms with E-state index in [4.69, 9.17) is 0 Å². The number of nitrogens with one attached hydrogen (secondary N) is 2. The van der Waals surface area contributed by atoms with Crippen molar-refractivity contribution in [2.45, 2.75) is 0 Å². The predicted molar refractivity (Wildman–Crippen MR) is 77.3 cm³/mol. The molecule has 0 radical (unpaired) electrons. The molecule has 2 rings (SSSR count). The fourth-order valence-electron chi connectivity index (χ4n) is 1.54. The smallest absolute Gasteiger partial charge is 0.256 e. The van der Waals surface area contributed by atoms with E-state index in [1.54, 1.807) is 30.5 Å². The third kappa shape index (κ3) is 3.67. The number of pyridine rings is 1. The van der Waals surface area contributed by atoms with Crippen molar-refractivity contribution in [3.8, 4) is 0 Å². The van der Waals surface area contributed by atoms with Gasteiger partial charge in [-0.15, -0.1) is 6.58 Å². The Bertz CT molecular complexity index is 549. The highest BCUT2D eigenvalue weighted by Crippen LogP contribution is 2.10. The molecule has 19 heavy (non-hydrogen) atoms. The molecule has 96 valence electrons. The fraction of sp³-hybridized carbons (Fsp3) is 0.0667. The molecule has 0 saturated carbocycles. The van der Waals surface area contributed by atoms with Gasteiger partial charge < -0.3 is 10.6 Å². The second-order valence-corrected chi connectivity index (χ2v) is 3.92. The first-order valence-electron chi connectivity index (χ1n) is 5.97. The zero-order valence-corrected chi connectivity index (χ0v) is 10.5. The molecular formula is C15H15N3O. The SMILES string of the molecule is C=CCNc1ccc(NC(=O)c2ccccc2)nc1. The topological polar surface area (TPSA) is 54.0 Å². The largest absolute Gasteiger partial charge is 0.380 e. The van der Waals surface area contributed by atoms with Crippen molar-refractivity contribution < 1.29 is 4.79 Å². The minimum Gasteiger partial charge on any atom is -0.380 e. The first-order valence-corrected chi connectivity index (χ1v) is 5.97. The Hall–Kier alpha value is -2.62. The summed E-state index contributed by atoms with van der Waals surface area (Å²) in [7, 11) is 0. The van der Waals surface area contributed by atoms with E-state index in [-0.39, 0.29) is 5.91 Å². The van der Waals surface area contributed by atoms with Crippen molar-refractivity contribution in [1.29, 1.82) is 0 Å². The average molecular weight is 253 g/mol. The first-order chi connectivity index (χ1) is 9.29. The van der Waals surface area contributed by atoms with E-state index >= 15 is 0 Å². The highest BCUT2D eigenvalue weighted by atomic mass is 16.1. The van der Waals surface area contributed by atoms with Crippen LogP contribution in [0.15, 0.2) is 61.3 Å². The molecular weight excluding hydrogens is 238 g/mol. The first kappa shape index (κ1) is 12.8. The number of amides is 1. The lowest BCUT2D eigenvalue weighted by Gasteiger charge is -2.06. The number of benzene rings is 1. The van der Waals surface area contributed by atoms with Crippen LogP contribution < -0.4 is 10.6 Å². The number of nitrogens with zero attached hydrogens (tertiary/aromatic N) is 1. The molecule has 4 nitrogen and oxygen atoms in total. The van der Waals surface area contributed by atoms with Gasteiger partial charge in [0.15, 0.2) is 0 Å². The van der Waals surface area contributed by atoms with Gasteiger partial charge in [0.25, 0.3) is 5.91 Å². The van der Waals surface area contributed by atoms with E-state index in [1.807, 2.05) is 24.3 Å². The summed E-state index contributed by atoms with van der Waals surface area (Å²) in [6.45, 7) is 4.30. The van der Waals surface area contributed by atoms with E-state index < -0.39 is 0 Å². The highest BCUT2D eigenvalue weighted by Gasteiger charge is 2.05. The molecule has 2 aromatic rings. The van der Waals surface area contributed by atoms with Gasteiger partial charge in [-0.25, -0.2) is 4.98 Å². The summed E-state index contributed by atoms with van der Waals surface area (Å²) in [5, 5.41) is 5.86. The van der Waals surface area contributed by atoms with Crippen LogP contribution in [0.1, 0.15) is 10.4 Å². The quantitative estimate of drug-likeness (QED) is 0.805. The normalized spacial score (nSPS) is 9.68. The van der Waals surface area contributed by atoms with Gasteiger partial charge in [0, 0.05) is 12.1 Å². The molecule has 0 saturated heterocycles. The van der Waals surface area contributed by atoms with Gasteiger partial charge in [-0.1, -0.05) is 24.3 Å². The van der Waals surface area contributed by atoms with E-state index in [0.29, 0.717) is 17.9 Å². The molecule has 0 aliphatic carbocycles. The van der Waals surface area contributed by atoms with Crippen molar-refractivity contribution in [3.05, 3.63) is 66.9 Å². The minimum absolute atomic E-state index is 0.167. The molecule has 4 heteroatoms. The van der Waals surface area contributed by atoms with Gasteiger partial charge in [0.1, 0.15) is 5.82 Å². The van der Waals surface area contributed by atoms with Gasteiger partial charge >= 0.3 is 0 Å². The molecule has 0 unspecified atom stereocenters. The molecule has 0 aliphatic heterocycles. The van der Waals surface area contributed by atoms with Crippen LogP contribution in [-0.2, 0) is 0 Å².